The van der Waals surface area contributed by atoms with E-state index in [1.54, 1.807) is 12.1 Å². The topological polar surface area (TPSA) is 12.5 Å². The van der Waals surface area contributed by atoms with Crippen LogP contribution in [0.2, 0.25) is 0 Å². The van der Waals surface area contributed by atoms with Gasteiger partial charge in [-0.2, -0.15) is 0 Å². The van der Waals surface area contributed by atoms with Gasteiger partial charge in [0.15, 0.2) is 0 Å². The van der Waals surface area contributed by atoms with Crippen LogP contribution in [0.1, 0.15) is 6.42 Å². The lowest BCUT2D eigenvalue weighted by Crippen LogP contribution is -2.19. The largest absolute Gasteiger partial charge is 0.489 e. The Kier molecular flexibility index (Phi) is 2.63. The summed E-state index contributed by atoms with van der Waals surface area (Å²) < 4.78 is 30.6. The lowest BCUT2D eigenvalue weighted by atomic mass is 10.3. The van der Waals surface area contributed by atoms with Gasteiger partial charge in [-0.25, -0.2) is 4.39 Å². The summed E-state index contributed by atoms with van der Waals surface area (Å²) in [6, 6.07) is 5.77. The van der Waals surface area contributed by atoms with Gasteiger partial charge in [-0.05, 0) is 24.3 Å². The third-order valence-electron chi connectivity index (χ3n) is 2.21. The SMILES string of the molecule is Fc1ccc(OC2CCN(F)C2)cc1. The van der Waals surface area contributed by atoms with Crippen molar-refractivity contribution in [3.8, 4) is 5.75 Å². The van der Waals surface area contributed by atoms with E-state index in [1.807, 2.05) is 0 Å². The van der Waals surface area contributed by atoms with Crippen molar-refractivity contribution in [1.29, 1.82) is 0 Å². The maximum atomic E-state index is 12.6. The van der Waals surface area contributed by atoms with E-state index in [9.17, 15) is 8.87 Å². The minimum atomic E-state index is -0.295. The number of benzene rings is 1. The zero-order valence-electron chi connectivity index (χ0n) is 7.62. The van der Waals surface area contributed by atoms with Crippen LogP contribution >= 0.6 is 0 Å². The zero-order valence-corrected chi connectivity index (χ0v) is 7.62. The molecule has 1 heterocycles. The van der Waals surface area contributed by atoms with Gasteiger partial charge in [0.05, 0.1) is 6.54 Å². The molecule has 0 aromatic heterocycles. The van der Waals surface area contributed by atoms with Crippen LogP contribution in [0.25, 0.3) is 0 Å². The van der Waals surface area contributed by atoms with E-state index in [1.165, 1.54) is 12.1 Å². The van der Waals surface area contributed by atoms with E-state index in [0.29, 0.717) is 18.7 Å². The van der Waals surface area contributed by atoms with Crippen molar-refractivity contribution in [2.75, 3.05) is 13.1 Å². The fourth-order valence-electron chi connectivity index (χ4n) is 1.49. The Bertz CT molecular complexity index is 301. The second-order valence-corrected chi connectivity index (χ2v) is 3.35. The van der Waals surface area contributed by atoms with Gasteiger partial charge >= 0.3 is 0 Å². The average molecular weight is 199 g/mol. The van der Waals surface area contributed by atoms with E-state index in [-0.39, 0.29) is 18.5 Å². The molecule has 1 aromatic carbocycles. The van der Waals surface area contributed by atoms with Crippen LogP contribution in [0.4, 0.5) is 8.87 Å². The summed E-state index contributed by atoms with van der Waals surface area (Å²) >= 11 is 0. The van der Waals surface area contributed by atoms with E-state index in [4.69, 9.17) is 4.74 Å². The third kappa shape index (κ3) is 2.20. The third-order valence-corrected chi connectivity index (χ3v) is 2.21. The van der Waals surface area contributed by atoms with Crippen LogP contribution in [-0.4, -0.2) is 24.3 Å². The Morgan fingerprint density at radius 3 is 2.57 bits per heavy atom. The summed E-state index contributed by atoms with van der Waals surface area (Å²) in [6.07, 6.45) is 0.555. The molecule has 2 rings (SSSR count). The van der Waals surface area contributed by atoms with Crippen molar-refractivity contribution < 1.29 is 13.6 Å². The molecular weight excluding hydrogens is 188 g/mol. The minimum absolute atomic E-state index is 0.120. The highest BCUT2D eigenvalue weighted by molar-refractivity contribution is 5.22. The number of rotatable bonds is 2. The summed E-state index contributed by atoms with van der Waals surface area (Å²) in [5, 5.41) is 0.730. The van der Waals surface area contributed by atoms with Crippen molar-refractivity contribution in [3.63, 3.8) is 0 Å². The lowest BCUT2D eigenvalue weighted by molar-refractivity contribution is 0.0428. The van der Waals surface area contributed by atoms with Crippen molar-refractivity contribution in [2.45, 2.75) is 12.5 Å². The first-order valence-corrected chi connectivity index (χ1v) is 4.57. The van der Waals surface area contributed by atoms with Crippen molar-refractivity contribution in [3.05, 3.63) is 30.1 Å². The maximum Gasteiger partial charge on any atom is 0.123 e. The Balaban J connectivity index is 1.94. The van der Waals surface area contributed by atoms with Gasteiger partial charge in [0.2, 0.25) is 0 Å². The van der Waals surface area contributed by atoms with E-state index in [2.05, 4.69) is 0 Å². The first-order chi connectivity index (χ1) is 6.74. The molecule has 1 aromatic rings. The Hall–Kier alpha value is -1.16. The van der Waals surface area contributed by atoms with Gasteiger partial charge in [-0.1, -0.05) is 0 Å². The molecule has 2 nitrogen and oxygen atoms in total. The molecule has 1 aliphatic heterocycles. The molecule has 0 aliphatic carbocycles. The second-order valence-electron chi connectivity index (χ2n) is 3.35. The van der Waals surface area contributed by atoms with Crippen molar-refractivity contribution in [1.82, 2.24) is 5.12 Å². The van der Waals surface area contributed by atoms with Crippen LogP contribution in [0.15, 0.2) is 24.3 Å². The van der Waals surface area contributed by atoms with Crippen LogP contribution < -0.4 is 4.74 Å². The predicted molar refractivity (Wildman–Crippen MR) is 48.1 cm³/mol. The monoisotopic (exact) mass is 199 g/mol. The molecule has 0 saturated carbocycles. The molecule has 0 radical (unpaired) electrons. The molecule has 1 aliphatic rings. The number of halogens is 2. The fourth-order valence-corrected chi connectivity index (χ4v) is 1.49. The Labute approximate surface area is 81.0 Å². The number of nitrogens with zero attached hydrogens (tertiary/aromatic N) is 1. The van der Waals surface area contributed by atoms with Crippen molar-refractivity contribution in [2.24, 2.45) is 0 Å². The molecule has 0 bridgehead atoms. The number of ether oxygens (including phenoxy) is 1. The molecular formula is C10H11F2NO. The van der Waals surface area contributed by atoms with Crippen LogP contribution in [0.3, 0.4) is 0 Å². The summed E-state index contributed by atoms with van der Waals surface area (Å²) in [5.74, 6) is 0.294. The number of hydrogen-bond donors (Lipinski definition) is 0. The number of hydrogen-bond acceptors (Lipinski definition) is 2. The normalized spacial score (nSPS) is 22.6. The van der Waals surface area contributed by atoms with Gasteiger partial charge in [0.1, 0.15) is 17.7 Å². The first-order valence-electron chi connectivity index (χ1n) is 4.57. The molecule has 4 heteroatoms. The molecule has 14 heavy (non-hydrogen) atoms. The Morgan fingerprint density at radius 1 is 1.29 bits per heavy atom. The maximum absolute atomic E-state index is 12.6. The van der Waals surface area contributed by atoms with Gasteiger partial charge < -0.3 is 4.74 Å². The highest BCUT2D eigenvalue weighted by atomic mass is 19.2. The molecule has 0 spiro atoms. The molecule has 1 saturated heterocycles. The minimum Gasteiger partial charge on any atom is -0.489 e. The zero-order chi connectivity index (χ0) is 9.97. The summed E-state index contributed by atoms with van der Waals surface area (Å²) in [5.41, 5.74) is 0. The van der Waals surface area contributed by atoms with Crippen LogP contribution in [0.5, 0.6) is 5.75 Å². The highest BCUT2D eigenvalue weighted by Gasteiger charge is 2.23. The van der Waals surface area contributed by atoms with Gasteiger partial charge in [0.25, 0.3) is 0 Å². The standard InChI is InChI=1S/C10H11F2NO/c11-8-1-3-9(4-2-8)14-10-5-6-13(12)7-10/h1-4,10H,5-7H2. The molecule has 1 unspecified atom stereocenters. The summed E-state index contributed by atoms with van der Waals surface area (Å²) in [4.78, 5) is 0. The lowest BCUT2D eigenvalue weighted by Gasteiger charge is -2.12. The van der Waals surface area contributed by atoms with E-state index in [0.717, 1.165) is 5.12 Å². The fraction of sp³-hybridized carbons (Fsp3) is 0.400. The summed E-state index contributed by atoms with van der Waals surface area (Å²) in [6.45, 7) is 0.698. The highest BCUT2D eigenvalue weighted by Crippen LogP contribution is 2.18. The molecule has 1 atom stereocenters. The van der Waals surface area contributed by atoms with E-state index >= 15 is 0 Å². The smallest absolute Gasteiger partial charge is 0.123 e. The van der Waals surface area contributed by atoms with E-state index < -0.39 is 0 Å². The second kappa shape index (κ2) is 3.92. The van der Waals surface area contributed by atoms with Crippen molar-refractivity contribution >= 4 is 0 Å². The summed E-state index contributed by atoms with van der Waals surface area (Å²) in [7, 11) is 0. The molecule has 1 fully saturated rings. The predicted octanol–water partition coefficient (Wildman–Crippen LogP) is 2.16. The van der Waals surface area contributed by atoms with Gasteiger partial charge in [-0.3, -0.25) is 0 Å². The first kappa shape index (κ1) is 9.40. The quantitative estimate of drug-likeness (QED) is 0.677. The molecule has 0 amide bonds. The molecule has 0 N–H and O–H groups in total. The average Bonchev–Trinajstić information content (AvgIpc) is 2.56. The van der Waals surface area contributed by atoms with Gasteiger partial charge in [-0.15, -0.1) is 9.60 Å². The van der Waals surface area contributed by atoms with Crippen LogP contribution in [-0.2, 0) is 0 Å². The Morgan fingerprint density at radius 2 is 2.00 bits per heavy atom. The van der Waals surface area contributed by atoms with Gasteiger partial charge in [0, 0.05) is 13.0 Å². The molecule has 76 valence electrons. The van der Waals surface area contributed by atoms with Crippen LogP contribution in [0, 0.1) is 5.82 Å².